The van der Waals surface area contributed by atoms with Crippen LogP contribution in [0.15, 0.2) is 12.1 Å². The molecule has 0 atom stereocenters. The smallest absolute Gasteiger partial charge is 0.216 e. The van der Waals surface area contributed by atoms with E-state index in [0.717, 1.165) is 49.7 Å². The van der Waals surface area contributed by atoms with E-state index < -0.39 is 0 Å². The summed E-state index contributed by atoms with van der Waals surface area (Å²) in [5.74, 6) is 1.51. The molecule has 0 saturated carbocycles. The second-order valence-electron chi connectivity index (χ2n) is 5.23. The summed E-state index contributed by atoms with van der Waals surface area (Å²) in [6.07, 6.45) is 2.13. The van der Waals surface area contributed by atoms with Gasteiger partial charge in [-0.05, 0) is 37.8 Å². The zero-order valence-corrected chi connectivity index (χ0v) is 11.6. The number of aromatic nitrogens is 1. The molecule has 104 valence electrons. The lowest BCUT2D eigenvalue weighted by Gasteiger charge is -2.33. The van der Waals surface area contributed by atoms with Gasteiger partial charge < -0.3 is 16.0 Å². The van der Waals surface area contributed by atoms with Crippen LogP contribution in [-0.4, -0.2) is 30.5 Å². The quantitative estimate of drug-likeness (QED) is 0.862. The van der Waals surface area contributed by atoms with E-state index in [1.54, 1.807) is 6.92 Å². The Labute approximate surface area is 114 Å². The summed E-state index contributed by atoms with van der Waals surface area (Å²) in [6, 6.07) is 3.85. The molecule has 0 radical (unpaired) electrons. The van der Waals surface area contributed by atoms with E-state index in [-0.39, 0.29) is 5.91 Å². The van der Waals surface area contributed by atoms with Gasteiger partial charge >= 0.3 is 0 Å². The molecule has 5 heteroatoms. The van der Waals surface area contributed by atoms with E-state index in [0.29, 0.717) is 5.92 Å². The number of carbonyl (C=O) groups excluding carboxylic acids is 1. The molecule has 3 N–H and O–H groups in total. The van der Waals surface area contributed by atoms with E-state index >= 15 is 0 Å². The number of aryl methyl sites for hydroxylation is 1. The van der Waals surface area contributed by atoms with E-state index in [4.69, 9.17) is 5.73 Å². The third kappa shape index (κ3) is 3.59. The molecular formula is C14H22N4O. The van der Waals surface area contributed by atoms with Crippen LogP contribution in [0.5, 0.6) is 0 Å². The van der Waals surface area contributed by atoms with Gasteiger partial charge in [0.1, 0.15) is 0 Å². The third-order valence-corrected chi connectivity index (χ3v) is 3.60. The lowest BCUT2D eigenvalue weighted by molar-refractivity contribution is -0.119. The van der Waals surface area contributed by atoms with E-state index in [1.165, 1.54) is 0 Å². The Bertz CT molecular complexity index is 453. The van der Waals surface area contributed by atoms with Gasteiger partial charge in [-0.25, -0.2) is 4.98 Å². The lowest BCUT2D eigenvalue weighted by Crippen LogP contribution is -2.38. The molecule has 1 aliphatic rings. The van der Waals surface area contributed by atoms with Gasteiger partial charge in [0.15, 0.2) is 5.82 Å². The van der Waals surface area contributed by atoms with Gasteiger partial charge in [-0.2, -0.15) is 0 Å². The normalized spacial score (nSPS) is 16.4. The number of anilines is 2. The number of hydrogen-bond acceptors (Lipinski definition) is 4. The zero-order valence-electron chi connectivity index (χ0n) is 11.6. The summed E-state index contributed by atoms with van der Waals surface area (Å²) in [5, 5.41) is 2.89. The van der Waals surface area contributed by atoms with Crippen LogP contribution < -0.4 is 16.0 Å². The van der Waals surface area contributed by atoms with Gasteiger partial charge in [0.05, 0.1) is 5.69 Å². The van der Waals surface area contributed by atoms with Crippen molar-refractivity contribution < 1.29 is 4.79 Å². The molecule has 0 aromatic carbocycles. The van der Waals surface area contributed by atoms with Crippen molar-refractivity contribution in [3.8, 4) is 0 Å². The summed E-state index contributed by atoms with van der Waals surface area (Å²) in [4.78, 5) is 17.7. The summed E-state index contributed by atoms with van der Waals surface area (Å²) in [5.41, 5.74) is 7.72. The standard InChI is InChI=1S/C14H22N4O/c1-10-3-4-13(15)14(17-10)18-7-5-12(6-8-18)9-16-11(2)19/h3-4,12H,5-9,15H2,1-2H3,(H,16,19). The highest BCUT2D eigenvalue weighted by molar-refractivity contribution is 5.72. The first-order chi connectivity index (χ1) is 9.06. The molecule has 1 aliphatic heterocycles. The van der Waals surface area contributed by atoms with Crippen LogP contribution in [0, 0.1) is 12.8 Å². The number of nitrogens with one attached hydrogen (secondary N) is 1. The van der Waals surface area contributed by atoms with Crippen LogP contribution in [0.1, 0.15) is 25.5 Å². The van der Waals surface area contributed by atoms with Crippen molar-refractivity contribution in [2.24, 2.45) is 5.92 Å². The first-order valence-corrected chi connectivity index (χ1v) is 6.79. The van der Waals surface area contributed by atoms with Crippen molar-refractivity contribution in [2.75, 3.05) is 30.3 Å². The van der Waals surface area contributed by atoms with Crippen LogP contribution in [0.25, 0.3) is 0 Å². The molecule has 5 nitrogen and oxygen atoms in total. The highest BCUT2D eigenvalue weighted by Crippen LogP contribution is 2.26. The first-order valence-electron chi connectivity index (χ1n) is 6.79. The topological polar surface area (TPSA) is 71.2 Å². The first kappa shape index (κ1) is 13.6. The predicted molar refractivity (Wildman–Crippen MR) is 77.0 cm³/mol. The minimum absolute atomic E-state index is 0.0482. The maximum Gasteiger partial charge on any atom is 0.216 e. The molecule has 1 aromatic rings. The van der Waals surface area contributed by atoms with Crippen LogP contribution in [-0.2, 0) is 4.79 Å². The molecule has 0 spiro atoms. The highest BCUT2D eigenvalue weighted by Gasteiger charge is 2.21. The SMILES string of the molecule is CC(=O)NCC1CCN(c2nc(C)ccc2N)CC1. The Balaban J connectivity index is 1.92. The van der Waals surface area contributed by atoms with Crippen LogP contribution in [0.2, 0.25) is 0 Å². The van der Waals surface area contributed by atoms with Crippen LogP contribution >= 0.6 is 0 Å². The number of nitrogen functional groups attached to an aromatic ring is 1. The Morgan fingerprint density at radius 3 is 2.79 bits per heavy atom. The molecule has 2 heterocycles. The van der Waals surface area contributed by atoms with Crippen LogP contribution in [0.4, 0.5) is 11.5 Å². The summed E-state index contributed by atoms with van der Waals surface area (Å²) >= 11 is 0. The average Bonchev–Trinajstić information content (AvgIpc) is 2.40. The second-order valence-corrected chi connectivity index (χ2v) is 5.23. The van der Waals surface area contributed by atoms with Crippen molar-refractivity contribution >= 4 is 17.4 Å². The summed E-state index contributed by atoms with van der Waals surface area (Å²) in [7, 11) is 0. The van der Waals surface area contributed by atoms with Crippen molar-refractivity contribution in [2.45, 2.75) is 26.7 Å². The Morgan fingerprint density at radius 1 is 1.47 bits per heavy atom. The van der Waals surface area contributed by atoms with Crippen molar-refractivity contribution in [3.63, 3.8) is 0 Å². The Hall–Kier alpha value is -1.78. The molecule has 19 heavy (non-hydrogen) atoms. The van der Waals surface area contributed by atoms with E-state index in [2.05, 4.69) is 15.2 Å². The number of nitrogens with zero attached hydrogens (tertiary/aromatic N) is 2. The summed E-state index contributed by atoms with van der Waals surface area (Å²) in [6.45, 7) is 6.22. The summed E-state index contributed by atoms with van der Waals surface area (Å²) < 4.78 is 0. The molecule has 0 aliphatic carbocycles. The van der Waals surface area contributed by atoms with Crippen molar-refractivity contribution in [3.05, 3.63) is 17.8 Å². The number of rotatable bonds is 3. The second kappa shape index (κ2) is 5.91. The Morgan fingerprint density at radius 2 is 2.16 bits per heavy atom. The maximum atomic E-state index is 10.9. The number of hydrogen-bond donors (Lipinski definition) is 2. The van der Waals surface area contributed by atoms with Gasteiger partial charge in [0, 0.05) is 32.3 Å². The molecule has 0 bridgehead atoms. The minimum atomic E-state index is 0.0482. The fourth-order valence-electron chi connectivity index (χ4n) is 2.44. The monoisotopic (exact) mass is 262 g/mol. The lowest BCUT2D eigenvalue weighted by atomic mass is 9.96. The molecule has 1 aromatic heterocycles. The molecule has 1 saturated heterocycles. The van der Waals surface area contributed by atoms with Gasteiger partial charge in [-0.3, -0.25) is 4.79 Å². The fraction of sp³-hybridized carbons (Fsp3) is 0.571. The van der Waals surface area contributed by atoms with E-state index in [1.807, 2.05) is 19.1 Å². The Kier molecular flexibility index (Phi) is 4.24. The van der Waals surface area contributed by atoms with E-state index in [9.17, 15) is 4.79 Å². The number of carbonyl (C=O) groups is 1. The number of pyridine rings is 1. The van der Waals surface area contributed by atoms with Gasteiger partial charge in [0.25, 0.3) is 0 Å². The molecular weight excluding hydrogens is 240 g/mol. The largest absolute Gasteiger partial charge is 0.396 e. The zero-order chi connectivity index (χ0) is 13.8. The molecule has 1 amide bonds. The molecule has 0 unspecified atom stereocenters. The number of nitrogens with two attached hydrogens (primary N) is 1. The predicted octanol–water partition coefficient (Wildman–Crippen LogP) is 1.32. The average molecular weight is 262 g/mol. The van der Waals surface area contributed by atoms with Gasteiger partial charge in [-0.15, -0.1) is 0 Å². The minimum Gasteiger partial charge on any atom is -0.396 e. The van der Waals surface area contributed by atoms with Crippen molar-refractivity contribution in [1.29, 1.82) is 0 Å². The van der Waals surface area contributed by atoms with Gasteiger partial charge in [0.2, 0.25) is 5.91 Å². The highest BCUT2D eigenvalue weighted by atomic mass is 16.1. The fourth-order valence-corrected chi connectivity index (χ4v) is 2.44. The molecule has 2 rings (SSSR count). The number of piperidine rings is 1. The number of amides is 1. The maximum absolute atomic E-state index is 10.9. The molecule has 1 fully saturated rings. The van der Waals surface area contributed by atoms with Gasteiger partial charge in [-0.1, -0.05) is 0 Å². The third-order valence-electron chi connectivity index (χ3n) is 3.60. The van der Waals surface area contributed by atoms with Crippen molar-refractivity contribution in [1.82, 2.24) is 10.3 Å². The van der Waals surface area contributed by atoms with Crippen LogP contribution in [0.3, 0.4) is 0 Å².